The number of Topliss-reactive ketones (excluding diaryl/α,β-unsaturated/α-hetero) is 1. The standard InChI is InChI=1S/C13H11NO4/c1-2-18-11(15)6-4-8-3-5-10-9(7-8)12(16)13(17)14-10/h3-7H,2H2,1H3,(H,14,16,17). The summed E-state index contributed by atoms with van der Waals surface area (Å²) in [7, 11) is 0. The normalized spacial score (nSPS) is 13.6. The van der Waals surface area contributed by atoms with E-state index in [9.17, 15) is 14.4 Å². The van der Waals surface area contributed by atoms with Crippen molar-refractivity contribution >= 4 is 29.4 Å². The number of hydrogen-bond donors (Lipinski definition) is 1. The van der Waals surface area contributed by atoms with Crippen LogP contribution < -0.4 is 5.32 Å². The molecule has 0 radical (unpaired) electrons. The van der Waals surface area contributed by atoms with E-state index < -0.39 is 17.7 Å². The van der Waals surface area contributed by atoms with Gasteiger partial charge in [0.1, 0.15) is 0 Å². The number of carbonyl (C=O) groups excluding carboxylic acids is 3. The molecule has 0 aromatic heterocycles. The molecule has 0 saturated carbocycles. The number of amides is 1. The molecule has 1 N–H and O–H groups in total. The lowest BCUT2D eigenvalue weighted by atomic mass is 10.1. The zero-order chi connectivity index (χ0) is 13.1. The van der Waals surface area contributed by atoms with Crippen molar-refractivity contribution in [2.45, 2.75) is 6.92 Å². The Labute approximate surface area is 103 Å². The Morgan fingerprint density at radius 1 is 1.39 bits per heavy atom. The SMILES string of the molecule is CCOC(=O)C=Cc1ccc2c(c1)C(=O)C(=O)N2. The van der Waals surface area contributed by atoms with Gasteiger partial charge in [-0.2, -0.15) is 0 Å². The fourth-order valence-corrected chi connectivity index (χ4v) is 1.62. The van der Waals surface area contributed by atoms with Crippen molar-refractivity contribution in [1.82, 2.24) is 0 Å². The molecule has 0 saturated heterocycles. The van der Waals surface area contributed by atoms with Crippen molar-refractivity contribution < 1.29 is 19.1 Å². The van der Waals surface area contributed by atoms with Crippen LogP contribution in [0.3, 0.4) is 0 Å². The molecule has 18 heavy (non-hydrogen) atoms. The summed E-state index contributed by atoms with van der Waals surface area (Å²) >= 11 is 0. The van der Waals surface area contributed by atoms with Crippen LogP contribution in [0.25, 0.3) is 6.08 Å². The van der Waals surface area contributed by atoms with E-state index in [0.29, 0.717) is 23.4 Å². The summed E-state index contributed by atoms with van der Waals surface area (Å²) < 4.78 is 4.74. The Bertz CT molecular complexity index is 560. The largest absolute Gasteiger partial charge is 0.463 e. The van der Waals surface area contributed by atoms with Gasteiger partial charge in [0.2, 0.25) is 0 Å². The number of nitrogens with one attached hydrogen (secondary N) is 1. The fourth-order valence-electron chi connectivity index (χ4n) is 1.62. The second kappa shape index (κ2) is 4.83. The highest BCUT2D eigenvalue weighted by atomic mass is 16.5. The number of ether oxygens (including phenoxy) is 1. The van der Waals surface area contributed by atoms with Gasteiger partial charge in [0.25, 0.3) is 11.7 Å². The zero-order valence-corrected chi connectivity index (χ0v) is 9.73. The van der Waals surface area contributed by atoms with Crippen molar-refractivity contribution in [2.24, 2.45) is 0 Å². The first-order chi connectivity index (χ1) is 8.61. The molecule has 1 aromatic carbocycles. The topological polar surface area (TPSA) is 72.5 Å². The molecule has 1 aromatic rings. The maximum Gasteiger partial charge on any atom is 0.330 e. The molecule has 0 spiro atoms. The molecule has 5 heteroatoms. The van der Waals surface area contributed by atoms with Gasteiger partial charge in [-0.3, -0.25) is 9.59 Å². The minimum absolute atomic E-state index is 0.310. The highest BCUT2D eigenvalue weighted by Gasteiger charge is 2.27. The van der Waals surface area contributed by atoms with Crippen LogP contribution in [-0.2, 0) is 14.3 Å². The second-order valence-electron chi connectivity index (χ2n) is 3.67. The molecule has 2 rings (SSSR count). The molecule has 0 unspecified atom stereocenters. The van der Waals surface area contributed by atoms with Gasteiger partial charge >= 0.3 is 5.97 Å². The monoisotopic (exact) mass is 245 g/mol. The lowest BCUT2D eigenvalue weighted by Gasteiger charge is -1.99. The molecule has 1 amide bonds. The average Bonchev–Trinajstić information content (AvgIpc) is 2.63. The van der Waals surface area contributed by atoms with Crippen LogP contribution >= 0.6 is 0 Å². The Morgan fingerprint density at radius 3 is 2.89 bits per heavy atom. The molecular formula is C13H11NO4. The quantitative estimate of drug-likeness (QED) is 0.496. The minimum Gasteiger partial charge on any atom is -0.463 e. The highest BCUT2D eigenvalue weighted by molar-refractivity contribution is 6.51. The first-order valence-electron chi connectivity index (χ1n) is 5.46. The molecule has 0 aliphatic carbocycles. The number of carbonyl (C=O) groups is 3. The van der Waals surface area contributed by atoms with Gasteiger partial charge in [-0.1, -0.05) is 6.07 Å². The van der Waals surface area contributed by atoms with Gasteiger partial charge in [0.05, 0.1) is 17.9 Å². The molecule has 0 fully saturated rings. The van der Waals surface area contributed by atoms with Crippen molar-refractivity contribution in [2.75, 3.05) is 11.9 Å². The number of ketones is 1. The number of esters is 1. The molecule has 0 atom stereocenters. The summed E-state index contributed by atoms with van der Waals surface area (Å²) in [5, 5.41) is 2.46. The third-order valence-corrected chi connectivity index (χ3v) is 2.44. The highest BCUT2D eigenvalue weighted by Crippen LogP contribution is 2.24. The van der Waals surface area contributed by atoms with Gasteiger partial charge in [0.15, 0.2) is 0 Å². The van der Waals surface area contributed by atoms with Crippen LogP contribution in [0.4, 0.5) is 5.69 Å². The van der Waals surface area contributed by atoms with Crippen molar-refractivity contribution in [3.63, 3.8) is 0 Å². The Kier molecular flexibility index (Phi) is 3.23. The maximum atomic E-state index is 11.5. The predicted molar refractivity (Wildman–Crippen MR) is 65.1 cm³/mol. The van der Waals surface area contributed by atoms with Crippen molar-refractivity contribution in [3.8, 4) is 0 Å². The Morgan fingerprint density at radius 2 is 2.17 bits per heavy atom. The van der Waals surface area contributed by atoms with E-state index in [-0.39, 0.29) is 0 Å². The third kappa shape index (κ3) is 2.29. The van der Waals surface area contributed by atoms with E-state index >= 15 is 0 Å². The molecular weight excluding hydrogens is 234 g/mol. The van der Waals surface area contributed by atoms with Crippen molar-refractivity contribution in [3.05, 3.63) is 35.4 Å². The van der Waals surface area contributed by atoms with E-state index in [1.54, 1.807) is 25.1 Å². The average molecular weight is 245 g/mol. The Balaban J connectivity index is 2.21. The maximum absolute atomic E-state index is 11.5. The summed E-state index contributed by atoms with van der Waals surface area (Å²) in [5.74, 6) is -1.63. The summed E-state index contributed by atoms with van der Waals surface area (Å²) in [6.45, 7) is 2.03. The van der Waals surface area contributed by atoms with Crippen LogP contribution in [0, 0.1) is 0 Å². The number of rotatable bonds is 3. The molecule has 5 nitrogen and oxygen atoms in total. The van der Waals surface area contributed by atoms with Crippen LogP contribution in [0.5, 0.6) is 0 Å². The fraction of sp³-hybridized carbons (Fsp3) is 0.154. The lowest BCUT2D eigenvalue weighted by molar-refractivity contribution is -0.137. The molecule has 92 valence electrons. The summed E-state index contributed by atoms with van der Waals surface area (Å²) in [4.78, 5) is 33.7. The van der Waals surface area contributed by atoms with E-state index in [1.165, 1.54) is 12.2 Å². The summed E-state index contributed by atoms with van der Waals surface area (Å²) in [6.07, 6.45) is 2.81. The van der Waals surface area contributed by atoms with E-state index in [0.717, 1.165) is 0 Å². The first kappa shape index (κ1) is 12.0. The van der Waals surface area contributed by atoms with Crippen molar-refractivity contribution in [1.29, 1.82) is 0 Å². The van der Waals surface area contributed by atoms with Gasteiger partial charge in [-0.25, -0.2) is 4.79 Å². The van der Waals surface area contributed by atoms with Crippen LogP contribution in [0.2, 0.25) is 0 Å². The molecule has 0 bridgehead atoms. The number of benzene rings is 1. The zero-order valence-electron chi connectivity index (χ0n) is 9.73. The summed E-state index contributed by atoms with van der Waals surface area (Å²) in [5.41, 5.74) is 1.48. The van der Waals surface area contributed by atoms with Gasteiger partial charge in [0, 0.05) is 6.08 Å². The molecule has 1 aliphatic rings. The molecule has 1 heterocycles. The van der Waals surface area contributed by atoms with Crippen LogP contribution in [-0.4, -0.2) is 24.3 Å². The van der Waals surface area contributed by atoms with Gasteiger partial charge < -0.3 is 10.1 Å². The van der Waals surface area contributed by atoms with Gasteiger partial charge in [-0.15, -0.1) is 0 Å². The number of anilines is 1. The van der Waals surface area contributed by atoms with Crippen LogP contribution in [0.1, 0.15) is 22.8 Å². The second-order valence-corrected chi connectivity index (χ2v) is 3.67. The van der Waals surface area contributed by atoms with E-state index in [2.05, 4.69) is 5.32 Å². The summed E-state index contributed by atoms with van der Waals surface area (Å²) in [6, 6.07) is 4.89. The Hall–Kier alpha value is -2.43. The predicted octanol–water partition coefficient (Wildman–Crippen LogP) is 1.40. The van der Waals surface area contributed by atoms with E-state index in [4.69, 9.17) is 4.74 Å². The first-order valence-corrected chi connectivity index (χ1v) is 5.46. The lowest BCUT2D eigenvalue weighted by Crippen LogP contribution is -2.12. The van der Waals surface area contributed by atoms with Gasteiger partial charge in [-0.05, 0) is 30.7 Å². The van der Waals surface area contributed by atoms with Crippen LogP contribution in [0.15, 0.2) is 24.3 Å². The number of fused-ring (bicyclic) bond motifs is 1. The smallest absolute Gasteiger partial charge is 0.330 e. The third-order valence-electron chi connectivity index (χ3n) is 2.44. The molecule has 1 aliphatic heterocycles. The minimum atomic E-state index is -0.628. The number of hydrogen-bond acceptors (Lipinski definition) is 4. The van der Waals surface area contributed by atoms with E-state index in [1.807, 2.05) is 0 Å².